The molecule has 9 heteroatoms. The lowest BCUT2D eigenvalue weighted by atomic mass is 10.2. The maximum absolute atomic E-state index is 12.5. The van der Waals surface area contributed by atoms with Crippen LogP contribution in [0, 0.1) is 10.1 Å². The molecule has 0 bridgehead atoms. The number of carbonyl (C=O) groups is 1. The molecular formula is C7H2Cl2F2N2O3. The van der Waals surface area contributed by atoms with Crippen molar-refractivity contribution in [2.75, 3.05) is 0 Å². The zero-order valence-corrected chi connectivity index (χ0v) is 8.80. The van der Waals surface area contributed by atoms with Crippen LogP contribution in [0.25, 0.3) is 0 Å². The third-order valence-electron chi connectivity index (χ3n) is 1.59. The van der Waals surface area contributed by atoms with Crippen LogP contribution in [0.5, 0.6) is 0 Å². The number of nitrogens with zero attached hydrogens (tertiary/aromatic N) is 2. The van der Waals surface area contributed by atoms with Crippen molar-refractivity contribution in [3.8, 4) is 0 Å². The zero-order chi connectivity index (χ0) is 12.5. The maximum Gasteiger partial charge on any atom is 0.308 e. The number of pyridine rings is 1. The Bertz CT molecular complexity index is 467. The minimum Gasteiger partial charge on any atom is -0.274 e. The molecule has 0 aromatic carbocycles. The van der Waals surface area contributed by atoms with Gasteiger partial charge in [-0.2, -0.15) is 0 Å². The smallest absolute Gasteiger partial charge is 0.274 e. The van der Waals surface area contributed by atoms with E-state index < -0.39 is 38.7 Å². The summed E-state index contributed by atoms with van der Waals surface area (Å²) in [6.07, 6.45) is -3.16. The Labute approximate surface area is 97.1 Å². The molecule has 1 heterocycles. The highest BCUT2D eigenvalue weighted by Crippen LogP contribution is 2.33. The molecule has 1 aromatic rings. The third-order valence-corrected chi connectivity index (χ3v) is 1.97. The summed E-state index contributed by atoms with van der Waals surface area (Å²) >= 11 is 10.3. The number of alkyl halides is 2. The molecule has 0 fully saturated rings. The number of hydrogen-bond donors (Lipinski definition) is 0. The van der Waals surface area contributed by atoms with Gasteiger partial charge in [-0.15, -0.1) is 0 Å². The van der Waals surface area contributed by atoms with Crippen molar-refractivity contribution < 1.29 is 18.5 Å². The van der Waals surface area contributed by atoms with Crippen LogP contribution in [0.3, 0.4) is 0 Å². The van der Waals surface area contributed by atoms with Crippen LogP contribution in [0.4, 0.5) is 14.5 Å². The fraction of sp³-hybridized carbons (Fsp3) is 0.143. The van der Waals surface area contributed by atoms with E-state index in [0.717, 1.165) is 0 Å². The second kappa shape index (κ2) is 4.67. The first-order valence-corrected chi connectivity index (χ1v) is 4.43. The number of hydrogen-bond acceptors (Lipinski definition) is 4. The van der Waals surface area contributed by atoms with Gasteiger partial charge >= 0.3 is 5.69 Å². The summed E-state index contributed by atoms with van der Waals surface area (Å²) in [6, 6.07) is 0.619. The molecule has 5 nitrogen and oxygen atoms in total. The van der Waals surface area contributed by atoms with Crippen molar-refractivity contribution in [1.82, 2.24) is 4.98 Å². The van der Waals surface area contributed by atoms with E-state index in [1.165, 1.54) is 0 Å². The summed E-state index contributed by atoms with van der Waals surface area (Å²) in [5, 5.41) is 8.75. The SMILES string of the molecule is O=C(Cl)c1nc(Cl)cc(C(F)F)c1[N+](=O)[O-]. The second-order valence-corrected chi connectivity index (χ2v) is 3.29. The summed E-state index contributed by atoms with van der Waals surface area (Å²) < 4.78 is 24.9. The largest absolute Gasteiger partial charge is 0.308 e. The highest BCUT2D eigenvalue weighted by atomic mass is 35.5. The zero-order valence-electron chi connectivity index (χ0n) is 7.29. The Balaban J connectivity index is 3.60. The molecular weight excluding hydrogens is 269 g/mol. The predicted molar refractivity (Wildman–Crippen MR) is 51.0 cm³/mol. The monoisotopic (exact) mass is 270 g/mol. The Morgan fingerprint density at radius 1 is 1.56 bits per heavy atom. The van der Waals surface area contributed by atoms with Gasteiger partial charge in [-0.25, -0.2) is 13.8 Å². The molecule has 86 valence electrons. The number of halogens is 4. The molecule has 0 aliphatic heterocycles. The van der Waals surface area contributed by atoms with Crippen LogP contribution in [-0.4, -0.2) is 15.1 Å². The Kier molecular flexibility index (Phi) is 3.71. The van der Waals surface area contributed by atoms with Crippen LogP contribution >= 0.6 is 23.2 Å². The summed E-state index contributed by atoms with van der Waals surface area (Å²) in [5.41, 5.74) is -3.01. The van der Waals surface area contributed by atoms with E-state index >= 15 is 0 Å². The first-order chi connectivity index (χ1) is 7.34. The van der Waals surface area contributed by atoms with E-state index in [-0.39, 0.29) is 0 Å². The van der Waals surface area contributed by atoms with Gasteiger partial charge in [-0.05, 0) is 17.7 Å². The van der Waals surface area contributed by atoms with Gasteiger partial charge in [0.1, 0.15) is 10.7 Å². The van der Waals surface area contributed by atoms with Crippen molar-refractivity contribution in [2.45, 2.75) is 6.43 Å². The average molecular weight is 271 g/mol. The van der Waals surface area contributed by atoms with Gasteiger partial charge in [-0.3, -0.25) is 14.9 Å². The molecule has 0 saturated carbocycles. The van der Waals surface area contributed by atoms with Gasteiger partial charge in [0.05, 0.1) is 4.92 Å². The Morgan fingerprint density at radius 2 is 2.12 bits per heavy atom. The van der Waals surface area contributed by atoms with Gasteiger partial charge in [0, 0.05) is 0 Å². The molecule has 0 N–H and O–H groups in total. The molecule has 1 aromatic heterocycles. The summed E-state index contributed by atoms with van der Waals surface area (Å²) in [6.45, 7) is 0. The summed E-state index contributed by atoms with van der Waals surface area (Å²) in [5.74, 6) is 0. The Morgan fingerprint density at radius 3 is 2.50 bits per heavy atom. The topological polar surface area (TPSA) is 73.1 Å². The molecule has 16 heavy (non-hydrogen) atoms. The van der Waals surface area contributed by atoms with Crippen molar-refractivity contribution >= 4 is 34.1 Å². The summed E-state index contributed by atoms with van der Waals surface area (Å²) in [4.78, 5) is 23.4. The molecule has 0 saturated heterocycles. The molecule has 0 aliphatic carbocycles. The number of rotatable bonds is 3. The van der Waals surface area contributed by atoms with Crippen LogP contribution in [0.15, 0.2) is 6.07 Å². The minimum absolute atomic E-state index is 0.468. The molecule has 0 aliphatic rings. The van der Waals surface area contributed by atoms with Crippen LogP contribution in [-0.2, 0) is 0 Å². The van der Waals surface area contributed by atoms with Crippen molar-refractivity contribution in [1.29, 1.82) is 0 Å². The molecule has 0 atom stereocenters. The van der Waals surface area contributed by atoms with Gasteiger partial charge in [-0.1, -0.05) is 11.6 Å². The lowest BCUT2D eigenvalue weighted by Crippen LogP contribution is -2.06. The van der Waals surface area contributed by atoms with Crippen LogP contribution < -0.4 is 0 Å². The quantitative estimate of drug-likeness (QED) is 0.366. The highest BCUT2D eigenvalue weighted by Gasteiger charge is 2.30. The lowest BCUT2D eigenvalue weighted by Gasteiger charge is -2.04. The normalized spacial score (nSPS) is 10.6. The lowest BCUT2D eigenvalue weighted by molar-refractivity contribution is -0.386. The van der Waals surface area contributed by atoms with Crippen molar-refractivity contribution in [3.63, 3.8) is 0 Å². The molecule has 0 amide bonds. The maximum atomic E-state index is 12.5. The van der Waals surface area contributed by atoms with Gasteiger partial charge in [0.2, 0.25) is 5.69 Å². The minimum atomic E-state index is -3.16. The first-order valence-electron chi connectivity index (χ1n) is 3.67. The summed E-state index contributed by atoms with van der Waals surface area (Å²) in [7, 11) is 0. The Hall–Kier alpha value is -1.34. The van der Waals surface area contributed by atoms with E-state index in [2.05, 4.69) is 4.98 Å². The molecule has 1 rings (SSSR count). The molecule has 0 unspecified atom stereocenters. The van der Waals surface area contributed by atoms with E-state index in [4.69, 9.17) is 23.2 Å². The van der Waals surface area contributed by atoms with E-state index in [1.807, 2.05) is 0 Å². The van der Waals surface area contributed by atoms with Crippen molar-refractivity contribution in [2.24, 2.45) is 0 Å². The fourth-order valence-corrected chi connectivity index (χ4v) is 1.35. The van der Waals surface area contributed by atoms with Gasteiger partial charge in [0.25, 0.3) is 11.7 Å². The molecule has 0 radical (unpaired) electrons. The average Bonchev–Trinajstić information content (AvgIpc) is 2.15. The number of nitro groups is 1. The van der Waals surface area contributed by atoms with Crippen LogP contribution in [0.2, 0.25) is 5.15 Å². The standard InChI is InChI=1S/C7H2Cl2F2N2O3/c8-3-1-2(7(10)11)5(13(15)16)4(12-3)6(9)14/h1,7H. The number of carbonyl (C=O) groups excluding carboxylic acids is 1. The van der Waals surface area contributed by atoms with Crippen molar-refractivity contribution in [3.05, 3.63) is 32.6 Å². The molecule has 0 spiro atoms. The van der Waals surface area contributed by atoms with Gasteiger partial charge < -0.3 is 0 Å². The second-order valence-electron chi connectivity index (χ2n) is 2.56. The highest BCUT2D eigenvalue weighted by molar-refractivity contribution is 6.68. The van der Waals surface area contributed by atoms with E-state index in [1.54, 1.807) is 0 Å². The third kappa shape index (κ3) is 2.42. The predicted octanol–water partition coefficient (Wildman–Crippen LogP) is 2.96. The van der Waals surface area contributed by atoms with E-state index in [9.17, 15) is 23.7 Å². The van der Waals surface area contributed by atoms with Gasteiger partial charge in [0.15, 0.2) is 0 Å². The first kappa shape index (κ1) is 12.7. The van der Waals surface area contributed by atoms with Crippen LogP contribution in [0.1, 0.15) is 22.5 Å². The van der Waals surface area contributed by atoms with E-state index in [0.29, 0.717) is 6.07 Å². The number of aromatic nitrogens is 1. The fourth-order valence-electron chi connectivity index (χ4n) is 1.02.